The molecule has 89 heavy (non-hydrogen) atoms. The average molecular weight is 1270 g/mol. The molecular weight excluding hydrogens is 1210 g/mol. The zero-order valence-electron chi connectivity index (χ0n) is 50.0. The van der Waals surface area contributed by atoms with Crippen LogP contribution in [-0.2, 0) is 0 Å². The molecule has 0 saturated heterocycles. The number of ether oxygens (including phenoxy) is 8. The maximum atomic E-state index is 5.74. The lowest BCUT2D eigenvalue weighted by atomic mass is 10.2. The molecule has 17 heteroatoms. The molecule has 6 heterocycles. The van der Waals surface area contributed by atoms with Crippen molar-refractivity contribution in [3.63, 3.8) is 0 Å². The SMILES string of the molecule is COc1ccc(N(c2ccc(OC)cc2)c2cc3c(s2)-c2sc(N(c4ccc(OC)cc4)c4ccc(OC)cc4)cc2[Si]32c3cc(N(c4ccc(OC)cc4)c4ccc(OC)cc4)sc3-c3sc(N(c4ccc(OC)cc4)c4ccc(OC)cc4)cc32)cc1. The molecule has 12 aromatic rings. The molecule has 0 unspecified atom stereocenters. The fourth-order valence-electron chi connectivity index (χ4n) is 12.1. The van der Waals surface area contributed by atoms with Crippen molar-refractivity contribution >= 4 is 140 Å². The molecular formula is C72H60N4O8S4Si. The maximum absolute atomic E-state index is 5.74. The lowest BCUT2D eigenvalue weighted by molar-refractivity contribution is 0.414. The number of rotatable bonds is 20. The molecule has 0 saturated carbocycles. The van der Waals surface area contributed by atoms with E-state index in [1.165, 1.54) is 40.3 Å². The Kier molecular flexibility index (Phi) is 15.3. The lowest BCUT2D eigenvalue weighted by Crippen LogP contribution is -2.70. The fraction of sp³-hybridized carbons (Fsp3) is 0.111. The van der Waals surface area contributed by atoms with Gasteiger partial charge >= 0.3 is 0 Å². The fourth-order valence-corrected chi connectivity index (χ4v) is 25.1. The molecule has 0 radical (unpaired) electrons. The summed E-state index contributed by atoms with van der Waals surface area (Å²) in [7, 11) is 10.2. The van der Waals surface area contributed by atoms with Crippen molar-refractivity contribution in [2.24, 2.45) is 0 Å². The Morgan fingerprint density at radius 2 is 0.348 bits per heavy atom. The van der Waals surface area contributed by atoms with E-state index < -0.39 is 8.07 Å². The summed E-state index contributed by atoms with van der Waals surface area (Å²) in [5, 5.41) is 9.68. The highest BCUT2D eigenvalue weighted by Crippen LogP contribution is 2.55. The van der Waals surface area contributed by atoms with E-state index in [1.807, 2.05) is 142 Å². The van der Waals surface area contributed by atoms with E-state index in [9.17, 15) is 0 Å². The molecule has 2 aliphatic rings. The zero-order valence-corrected chi connectivity index (χ0v) is 54.2. The van der Waals surface area contributed by atoms with E-state index in [0.29, 0.717) is 0 Å². The summed E-state index contributed by atoms with van der Waals surface area (Å²) in [4.78, 5) is 14.5. The van der Waals surface area contributed by atoms with Crippen LogP contribution in [0.3, 0.4) is 0 Å². The van der Waals surface area contributed by atoms with E-state index in [4.69, 9.17) is 37.9 Å². The zero-order chi connectivity index (χ0) is 60.9. The van der Waals surface area contributed by atoms with Gasteiger partial charge in [0.25, 0.3) is 0 Å². The maximum Gasteiger partial charge on any atom is 0.186 e. The van der Waals surface area contributed by atoms with Gasteiger partial charge in [-0.2, -0.15) is 0 Å². The second kappa shape index (κ2) is 23.8. The second-order valence-electron chi connectivity index (χ2n) is 21.0. The van der Waals surface area contributed by atoms with E-state index in [0.717, 1.165) is 111 Å². The van der Waals surface area contributed by atoms with Crippen LogP contribution in [0.1, 0.15) is 0 Å². The van der Waals surface area contributed by atoms with Crippen LogP contribution < -0.4 is 78.2 Å². The Morgan fingerprint density at radius 3 is 0.472 bits per heavy atom. The summed E-state index contributed by atoms with van der Waals surface area (Å²) < 4.78 is 45.9. The number of anilines is 12. The Labute approximate surface area is 534 Å². The first-order chi connectivity index (χ1) is 43.7. The largest absolute Gasteiger partial charge is 0.497 e. The van der Waals surface area contributed by atoms with Gasteiger partial charge in [0.1, 0.15) is 66.0 Å². The van der Waals surface area contributed by atoms with Crippen molar-refractivity contribution in [2.45, 2.75) is 0 Å². The Morgan fingerprint density at radius 1 is 0.213 bits per heavy atom. The van der Waals surface area contributed by atoms with Crippen LogP contribution >= 0.6 is 45.3 Å². The number of hydrogen-bond acceptors (Lipinski definition) is 16. The molecule has 8 aromatic carbocycles. The standard InChI is InChI=1S/C72H60N4O8S4Si/c1-77-53-25-9-45(10-26-53)73(46-11-27-54(78-2)28-12-46)65-41-61-69(85-65)70-62(42-66(86-70)74(47-13-29-55(79-3)30-14-47)48-15-31-56(80-4)32-16-48)89(61)63-43-67(75(49-17-33-57(81-5)34-18-49)50-19-35-58(82-6)36-20-50)87-71(63)72-64(89)44-68(88-72)76(51-21-37-59(83-7)38-22-51)52-23-39-60(84-8)40-24-52/h9-44H,1-8H3. The van der Waals surface area contributed by atoms with Crippen molar-refractivity contribution in [1.82, 2.24) is 0 Å². The highest BCUT2D eigenvalue weighted by Gasteiger charge is 2.59. The molecule has 14 rings (SSSR count). The average Bonchev–Trinajstić information content (AvgIpc) is 1.49. The van der Waals surface area contributed by atoms with Gasteiger partial charge in [-0.25, -0.2) is 0 Å². The van der Waals surface area contributed by atoms with Crippen LogP contribution in [0.2, 0.25) is 0 Å². The normalized spacial score (nSPS) is 12.1. The lowest BCUT2D eigenvalue weighted by Gasteiger charge is -2.28. The van der Waals surface area contributed by atoms with Crippen LogP contribution in [0.4, 0.5) is 65.5 Å². The third kappa shape index (κ3) is 9.95. The van der Waals surface area contributed by atoms with Crippen molar-refractivity contribution in [3.8, 4) is 65.5 Å². The predicted octanol–water partition coefficient (Wildman–Crippen LogP) is 17.2. The summed E-state index contributed by atoms with van der Waals surface area (Å²) >= 11 is 7.37. The molecule has 12 nitrogen and oxygen atoms in total. The molecule has 0 fully saturated rings. The topological polar surface area (TPSA) is 86.8 Å². The number of fused-ring (bicyclic) bond motifs is 10. The minimum Gasteiger partial charge on any atom is -0.497 e. The highest BCUT2D eigenvalue weighted by atomic mass is 32.1. The first-order valence-corrected chi connectivity index (χ1v) is 33.9. The Balaban J connectivity index is 1.07. The molecule has 0 amide bonds. The third-order valence-electron chi connectivity index (χ3n) is 16.4. The highest BCUT2D eigenvalue weighted by molar-refractivity contribution is 7.41. The van der Waals surface area contributed by atoms with E-state index >= 15 is 0 Å². The molecule has 444 valence electrons. The van der Waals surface area contributed by atoms with Gasteiger partial charge in [0, 0.05) is 65.0 Å². The van der Waals surface area contributed by atoms with Gasteiger partial charge in [-0.3, -0.25) is 0 Å². The number of benzene rings is 8. The van der Waals surface area contributed by atoms with Crippen LogP contribution in [0.5, 0.6) is 46.0 Å². The monoisotopic (exact) mass is 1260 g/mol. The summed E-state index contributed by atoms with van der Waals surface area (Å²) in [6.45, 7) is 0. The van der Waals surface area contributed by atoms with Crippen molar-refractivity contribution in [2.75, 3.05) is 76.5 Å². The first kappa shape index (κ1) is 57.1. The summed E-state index contributed by atoms with van der Waals surface area (Å²) in [5.41, 5.74) is 7.97. The third-order valence-corrected chi connectivity index (χ3v) is 26.8. The number of nitrogens with zero attached hydrogens (tertiary/aromatic N) is 4. The van der Waals surface area contributed by atoms with Gasteiger partial charge in [0.2, 0.25) is 0 Å². The molecule has 0 atom stereocenters. The smallest absolute Gasteiger partial charge is 0.186 e. The second-order valence-corrected chi connectivity index (χ2v) is 28.8. The first-order valence-electron chi connectivity index (χ1n) is 28.6. The molecule has 2 aliphatic heterocycles. The van der Waals surface area contributed by atoms with Crippen LogP contribution in [0.15, 0.2) is 218 Å². The van der Waals surface area contributed by atoms with Crippen LogP contribution in [-0.4, -0.2) is 65.0 Å². The minimum atomic E-state index is -3.40. The minimum absolute atomic E-state index is 0.779. The molecule has 0 N–H and O–H groups in total. The Hall–Kier alpha value is -9.62. The molecule has 1 spiro atoms. The van der Waals surface area contributed by atoms with Crippen molar-refractivity contribution < 1.29 is 37.9 Å². The summed E-state index contributed by atoms with van der Waals surface area (Å²) in [6.07, 6.45) is 0. The van der Waals surface area contributed by atoms with E-state index in [2.05, 4.69) is 141 Å². The van der Waals surface area contributed by atoms with Gasteiger partial charge in [-0.15, -0.1) is 45.3 Å². The van der Waals surface area contributed by atoms with E-state index in [1.54, 1.807) is 56.9 Å². The summed E-state index contributed by atoms with van der Waals surface area (Å²) in [5.74, 6) is 6.23. The predicted molar refractivity (Wildman–Crippen MR) is 371 cm³/mol. The van der Waals surface area contributed by atoms with Crippen molar-refractivity contribution in [1.29, 1.82) is 0 Å². The van der Waals surface area contributed by atoms with Gasteiger partial charge in [-0.05, 0) is 239 Å². The van der Waals surface area contributed by atoms with Gasteiger partial charge in [-0.1, -0.05) is 0 Å². The van der Waals surface area contributed by atoms with Gasteiger partial charge in [0.05, 0.1) is 56.9 Å². The van der Waals surface area contributed by atoms with Crippen molar-refractivity contribution in [3.05, 3.63) is 218 Å². The van der Waals surface area contributed by atoms with E-state index in [-0.39, 0.29) is 0 Å². The molecule has 0 bridgehead atoms. The number of thiophene rings is 4. The van der Waals surface area contributed by atoms with Crippen LogP contribution in [0, 0.1) is 0 Å². The number of hydrogen-bond donors (Lipinski definition) is 0. The van der Waals surface area contributed by atoms with Gasteiger partial charge < -0.3 is 57.5 Å². The Bertz CT molecular complexity index is 3710. The molecule has 4 aromatic heterocycles. The quantitative estimate of drug-likeness (QED) is 0.0681. The van der Waals surface area contributed by atoms with Gasteiger partial charge in [0.15, 0.2) is 8.07 Å². The summed E-state index contributed by atoms with van der Waals surface area (Å²) in [6, 6.07) is 76.8. The molecule has 0 aliphatic carbocycles. The number of methoxy groups -OCH3 is 8. The van der Waals surface area contributed by atoms with Crippen LogP contribution in [0.25, 0.3) is 19.5 Å².